The van der Waals surface area contributed by atoms with Crippen LogP contribution in [0.25, 0.3) is 0 Å². The summed E-state index contributed by atoms with van der Waals surface area (Å²) < 4.78 is 1.55. The SMILES string of the molecule is CCCn1c(SCC(=O)N[C@@H](C)c2ccccc2)n[nH]c1=O. The number of hydrogen-bond donors (Lipinski definition) is 2. The number of hydrogen-bond acceptors (Lipinski definition) is 4. The third kappa shape index (κ3) is 4.24. The lowest BCUT2D eigenvalue weighted by atomic mass is 10.1. The molecule has 118 valence electrons. The van der Waals surface area contributed by atoms with Crippen molar-refractivity contribution in [1.82, 2.24) is 20.1 Å². The maximum atomic E-state index is 12.0. The van der Waals surface area contributed by atoms with Gasteiger partial charge < -0.3 is 5.32 Å². The van der Waals surface area contributed by atoms with Crippen molar-refractivity contribution in [3.63, 3.8) is 0 Å². The lowest BCUT2D eigenvalue weighted by Crippen LogP contribution is -2.28. The molecule has 1 amide bonds. The summed E-state index contributed by atoms with van der Waals surface area (Å²) in [4.78, 5) is 23.6. The topological polar surface area (TPSA) is 79.8 Å². The fourth-order valence-electron chi connectivity index (χ4n) is 2.07. The van der Waals surface area contributed by atoms with E-state index >= 15 is 0 Å². The predicted octanol–water partition coefficient (Wildman–Crippen LogP) is 1.95. The number of aromatic amines is 1. The zero-order chi connectivity index (χ0) is 15.9. The molecule has 2 N–H and O–H groups in total. The number of benzene rings is 1. The summed E-state index contributed by atoms with van der Waals surface area (Å²) in [6, 6.07) is 9.74. The number of nitrogens with zero attached hydrogens (tertiary/aromatic N) is 2. The molecule has 6 nitrogen and oxygen atoms in total. The normalized spacial score (nSPS) is 12.1. The molecule has 0 unspecified atom stereocenters. The zero-order valence-corrected chi connectivity index (χ0v) is 13.5. The first-order valence-electron chi connectivity index (χ1n) is 7.24. The van der Waals surface area contributed by atoms with Gasteiger partial charge in [0.2, 0.25) is 5.91 Å². The van der Waals surface area contributed by atoms with Crippen LogP contribution in [0, 0.1) is 0 Å². The highest BCUT2D eigenvalue weighted by atomic mass is 32.2. The molecule has 1 aromatic carbocycles. The fraction of sp³-hybridized carbons (Fsp3) is 0.400. The predicted molar refractivity (Wildman–Crippen MR) is 86.9 cm³/mol. The monoisotopic (exact) mass is 320 g/mol. The molecule has 0 bridgehead atoms. The number of aromatic nitrogens is 3. The van der Waals surface area contributed by atoms with Crippen molar-refractivity contribution < 1.29 is 4.79 Å². The first-order valence-corrected chi connectivity index (χ1v) is 8.22. The van der Waals surface area contributed by atoms with Gasteiger partial charge >= 0.3 is 5.69 Å². The van der Waals surface area contributed by atoms with Crippen LogP contribution in [0.3, 0.4) is 0 Å². The Morgan fingerprint density at radius 2 is 2.14 bits per heavy atom. The van der Waals surface area contributed by atoms with Gasteiger partial charge in [0.15, 0.2) is 5.16 Å². The van der Waals surface area contributed by atoms with E-state index in [0.717, 1.165) is 12.0 Å². The van der Waals surface area contributed by atoms with E-state index in [1.807, 2.05) is 44.2 Å². The molecular formula is C15H20N4O2S. The molecule has 2 aromatic rings. The van der Waals surface area contributed by atoms with Crippen molar-refractivity contribution in [2.75, 3.05) is 5.75 Å². The van der Waals surface area contributed by atoms with Crippen LogP contribution < -0.4 is 11.0 Å². The van der Waals surface area contributed by atoms with Crippen LogP contribution in [0.4, 0.5) is 0 Å². The van der Waals surface area contributed by atoms with E-state index in [9.17, 15) is 9.59 Å². The fourth-order valence-corrected chi connectivity index (χ4v) is 2.86. The lowest BCUT2D eigenvalue weighted by Gasteiger charge is -2.14. The van der Waals surface area contributed by atoms with Gasteiger partial charge in [-0.2, -0.15) is 0 Å². The molecule has 2 rings (SSSR count). The van der Waals surface area contributed by atoms with Crippen LogP contribution in [0.2, 0.25) is 0 Å². The first-order chi connectivity index (χ1) is 10.6. The van der Waals surface area contributed by atoms with E-state index < -0.39 is 0 Å². The Hall–Kier alpha value is -2.02. The molecule has 0 saturated carbocycles. The Bertz CT molecular complexity index is 666. The minimum absolute atomic E-state index is 0.0497. The highest BCUT2D eigenvalue weighted by molar-refractivity contribution is 7.99. The Labute approximate surface area is 133 Å². The van der Waals surface area contributed by atoms with Crippen molar-refractivity contribution in [3.05, 3.63) is 46.4 Å². The van der Waals surface area contributed by atoms with E-state index in [1.54, 1.807) is 4.57 Å². The summed E-state index contributed by atoms with van der Waals surface area (Å²) in [6.45, 7) is 4.53. The average molecular weight is 320 g/mol. The molecule has 0 aliphatic rings. The van der Waals surface area contributed by atoms with Crippen LogP contribution in [-0.2, 0) is 11.3 Å². The van der Waals surface area contributed by atoms with E-state index in [-0.39, 0.29) is 23.4 Å². The largest absolute Gasteiger partial charge is 0.349 e. The molecule has 0 saturated heterocycles. The molecular weight excluding hydrogens is 300 g/mol. The van der Waals surface area contributed by atoms with Gasteiger partial charge in [-0.3, -0.25) is 9.36 Å². The van der Waals surface area contributed by atoms with Crippen LogP contribution in [-0.4, -0.2) is 26.4 Å². The van der Waals surface area contributed by atoms with Crippen LogP contribution in [0.1, 0.15) is 31.9 Å². The number of carbonyl (C=O) groups is 1. The van der Waals surface area contributed by atoms with Gasteiger partial charge in [0.25, 0.3) is 0 Å². The van der Waals surface area contributed by atoms with Gasteiger partial charge in [-0.05, 0) is 18.9 Å². The summed E-state index contributed by atoms with van der Waals surface area (Å²) in [5.41, 5.74) is 0.825. The number of carbonyl (C=O) groups excluding carboxylic acids is 1. The maximum Gasteiger partial charge on any atom is 0.343 e. The summed E-state index contributed by atoms with van der Waals surface area (Å²) >= 11 is 1.26. The molecule has 1 atom stereocenters. The van der Waals surface area contributed by atoms with Crippen molar-refractivity contribution in [2.24, 2.45) is 0 Å². The third-order valence-electron chi connectivity index (χ3n) is 3.18. The number of rotatable bonds is 7. The second-order valence-corrected chi connectivity index (χ2v) is 5.89. The molecule has 0 aliphatic carbocycles. The minimum atomic E-state index is -0.234. The summed E-state index contributed by atoms with van der Waals surface area (Å²) in [6.07, 6.45) is 0.838. The second kappa shape index (κ2) is 7.84. The molecule has 0 fully saturated rings. The summed E-state index contributed by atoms with van der Waals surface area (Å²) in [5.74, 6) is 0.144. The van der Waals surface area contributed by atoms with Gasteiger partial charge in [-0.25, -0.2) is 9.89 Å². The Morgan fingerprint density at radius 3 is 2.82 bits per heavy atom. The van der Waals surface area contributed by atoms with Gasteiger partial charge in [0, 0.05) is 6.54 Å². The third-order valence-corrected chi connectivity index (χ3v) is 4.16. The Kier molecular flexibility index (Phi) is 5.83. The standard InChI is InChI=1S/C15H20N4O2S/c1-3-9-19-14(21)17-18-15(19)22-10-13(20)16-11(2)12-7-5-4-6-8-12/h4-8,11H,3,9-10H2,1-2H3,(H,16,20)(H,17,21)/t11-/m0/s1. The van der Waals surface area contributed by atoms with Gasteiger partial charge in [-0.1, -0.05) is 49.0 Å². The Balaban J connectivity index is 1.89. The van der Waals surface area contributed by atoms with Gasteiger partial charge in [0.05, 0.1) is 11.8 Å². The maximum absolute atomic E-state index is 12.0. The van der Waals surface area contributed by atoms with Crippen molar-refractivity contribution in [3.8, 4) is 0 Å². The second-order valence-electron chi connectivity index (χ2n) is 4.95. The van der Waals surface area contributed by atoms with Crippen LogP contribution in [0.15, 0.2) is 40.3 Å². The zero-order valence-electron chi connectivity index (χ0n) is 12.7. The van der Waals surface area contributed by atoms with Crippen molar-refractivity contribution in [2.45, 2.75) is 38.0 Å². The molecule has 1 heterocycles. The average Bonchev–Trinajstić information content (AvgIpc) is 2.87. The van der Waals surface area contributed by atoms with Crippen molar-refractivity contribution >= 4 is 17.7 Å². The molecule has 0 spiro atoms. The van der Waals surface area contributed by atoms with E-state index in [1.165, 1.54) is 11.8 Å². The van der Waals surface area contributed by atoms with Gasteiger partial charge in [0.1, 0.15) is 0 Å². The quantitative estimate of drug-likeness (QED) is 0.764. The highest BCUT2D eigenvalue weighted by Gasteiger charge is 2.13. The van der Waals surface area contributed by atoms with E-state index in [4.69, 9.17) is 0 Å². The first kappa shape index (κ1) is 16.4. The van der Waals surface area contributed by atoms with Crippen LogP contribution in [0.5, 0.6) is 0 Å². The molecule has 22 heavy (non-hydrogen) atoms. The lowest BCUT2D eigenvalue weighted by molar-refractivity contribution is -0.119. The summed E-state index contributed by atoms with van der Waals surface area (Å²) in [7, 11) is 0. The smallest absolute Gasteiger partial charge is 0.343 e. The Morgan fingerprint density at radius 1 is 1.41 bits per heavy atom. The number of thioether (sulfide) groups is 1. The molecule has 0 radical (unpaired) electrons. The minimum Gasteiger partial charge on any atom is -0.349 e. The van der Waals surface area contributed by atoms with E-state index in [2.05, 4.69) is 15.5 Å². The van der Waals surface area contributed by atoms with Crippen LogP contribution >= 0.6 is 11.8 Å². The number of H-pyrrole nitrogens is 1. The van der Waals surface area contributed by atoms with Gasteiger partial charge in [-0.15, -0.1) is 5.10 Å². The molecule has 1 aromatic heterocycles. The molecule has 7 heteroatoms. The van der Waals surface area contributed by atoms with E-state index in [0.29, 0.717) is 11.7 Å². The number of amides is 1. The molecule has 0 aliphatic heterocycles. The van der Waals surface area contributed by atoms with Crippen molar-refractivity contribution in [1.29, 1.82) is 0 Å². The highest BCUT2D eigenvalue weighted by Crippen LogP contribution is 2.15. The number of nitrogens with one attached hydrogen (secondary N) is 2. The summed E-state index contributed by atoms with van der Waals surface area (Å²) in [5, 5.41) is 9.86.